The van der Waals surface area contributed by atoms with E-state index in [0.29, 0.717) is 34.1 Å². The molecule has 0 spiro atoms. The van der Waals surface area contributed by atoms with Crippen LogP contribution >= 0.6 is 11.8 Å². The van der Waals surface area contributed by atoms with Crippen LogP contribution in [-0.2, 0) is 9.59 Å². The van der Waals surface area contributed by atoms with E-state index in [1.54, 1.807) is 54.6 Å². The van der Waals surface area contributed by atoms with E-state index in [2.05, 4.69) is 16.0 Å². The number of hydrogen-bond donors (Lipinski definition) is 3. The number of anilines is 2. The van der Waals surface area contributed by atoms with E-state index in [-0.39, 0.29) is 16.9 Å². The quantitative estimate of drug-likeness (QED) is 0.115. The molecule has 0 bridgehead atoms. The maximum Gasteiger partial charge on any atom is 0.272 e. The number of methoxy groups -OCH3 is 3. The van der Waals surface area contributed by atoms with E-state index < -0.39 is 11.8 Å². The summed E-state index contributed by atoms with van der Waals surface area (Å²) in [4.78, 5) is 40.4. The second-order valence-electron chi connectivity index (χ2n) is 10.3. The summed E-state index contributed by atoms with van der Waals surface area (Å²) in [5.74, 6) is 0.170. The molecule has 0 aliphatic rings. The third-order valence-corrected chi connectivity index (χ3v) is 8.33. The highest BCUT2D eigenvalue weighted by atomic mass is 32.2. The number of hydrogen-bond acceptors (Lipinski definition) is 7. The minimum absolute atomic E-state index is 0.0189. The van der Waals surface area contributed by atoms with Gasteiger partial charge in [-0.1, -0.05) is 30.3 Å². The van der Waals surface area contributed by atoms with E-state index in [9.17, 15) is 14.4 Å². The van der Waals surface area contributed by atoms with Gasteiger partial charge in [0.2, 0.25) is 5.91 Å². The monoisotopic (exact) mass is 639 g/mol. The van der Waals surface area contributed by atoms with Crippen molar-refractivity contribution in [1.82, 2.24) is 5.32 Å². The molecule has 3 N–H and O–H groups in total. The fraction of sp³-hybridized carbons (Fsp3) is 0.194. The lowest BCUT2D eigenvalue weighted by Gasteiger charge is -2.15. The van der Waals surface area contributed by atoms with Gasteiger partial charge in [-0.3, -0.25) is 14.4 Å². The number of thioether (sulfide) groups is 1. The molecule has 0 saturated carbocycles. The Labute approximate surface area is 273 Å². The summed E-state index contributed by atoms with van der Waals surface area (Å²) in [6, 6.07) is 24.8. The molecule has 0 aliphatic heterocycles. The van der Waals surface area contributed by atoms with Gasteiger partial charge in [0.15, 0.2) is 11.5 Å². The van der Waals surface area contributed by atoms with Gasteiger partial charge in [0, 0.05) is 33.5 Å². The van der Waals surface area contributed by atoms with Crippen molar-refractivity contribution in [2.75, 3.05) is 32.0 Å². The van der Waals surface area contributed by atoms with Gasteiger partial charge in [0.05, 0.1) is 26.6 Å². The largest absolute Gasteiger partial charge is 0.496 e. The summed E-state index contributed by atoms with van der Waals surface area (Å²) < 4.78 is 16.3. The first-order chi connectivity index (χ1) is 22.1. The van der Waals surface area contributed by atoms with Gasteiger partial charge >= 0.3 is 0 Å². The van der Waals surface area contributed by atoms with Crippen molar-refractivity contribution in [2.24, 2.45) is 0 Å². The fourth-order valence-electron chi connectivity index (χ4n) is 4.46. The van der Waals surface area contributed by atoms with Gasteiger partial charge in [0.1, 0.15) is 11.4 Å². The SMILES string of the molecule is COc1cc(OC)c(OC)cc1/C=C(\NC(=O)c1ccccc1)C(=O)Nc1ccc(SC(C)C(=O)Nc2cccc(C)c2C)cc1. The molecular formula is C36H37N3O6S. The Balaban J connectivity index is 1.53. The van der Waals surface area contributed by atoms with Crippen molar-refractivity contribution in [2.45, 2.75) is 30.9 Å². The van der Waals surface area contributed by atoms with Crippen molar-refractivity contribution >= 4 is 46.9 Å². The number of rotatable bonds is 12. The summed E-state index contributed by atoms with van der Waals surface area (Å²) in [6.07, 6.45) is 1.51. The molecule has 3 amide bonds. The molecule has 1 atom stereocenters. The molecule has 1 unspecified atom stereocenters. The van der Waals surface area contributed by atoms with Gasteiger partial charge in [-0.15, -0.1) is 11.8 Å². The molecule has 0 saturated heterocycles. The molecule has 0 aromatic heterocycles. The number of nitrogens with one attached hydrogen (secondary N) is 3. The van der Waals surface area contributed by atoms with Crippen LogP contribution in [0.25, 0.3) is 6.08 Å². The van der Waals surface area contributed by atoms with Crippen molar-refractivity contribution < 1.29 is 28.6 Å². The van der Waals surface area contributed by atoms with Crippen molar-refractivity contribution in [3.63, 3.8) is 0 Å². The van der Waals surface area contributed by atoms with E-state index in [4.69, 9.17) is 14.2 Å². The number of carbonyl (C=O) groups is 3. The number of ether oxygens (including phenoxy) is 3. The van der Waals surface area contributed by atoms with Gasteiger partial charge in [0.25, 0.3) is 11.8 Å². The zero-order valence-corrected chi connectivity index (χ0v) is 27.4. The van der Waals surface area contributed by atoms with Gasteiger partial charge in [-0.25, -0.2) is 0 Å². The topological polar surface area (TPSA) is 115 Å². The van der Waals surface area contributed by atoms with Crippen LogP contribution in [-0.4, -0.2) is 44.3 Å². The normalized spacial score (nSPS) is 11.7. The van der Waals surface area contributed by atoms with E-state index in [1.165, 1.54) is 39.2 Å². The average molecular weight is 640 g/mol. The maximum absolute atomic E-state index is 13.6. The molecular weight excluding hydrogens is 602 g/mol. The Bertz CT molecular complexity index is 1740. The van der Waals surface area contributed by atoms with Crippen LogP contribution in [0.5, 0.6) is 17.2 Å². The third kappa shape index (κ3) is 8.48. The first kappa shape index (κ1) is 33.7. The highest BCUT2D eigenvalue weighted by molar-refractivity contribution is 8.00. The molecule has 4 aromatic carbocycles. The van der Waals surface area contributed by atoms with Gasteiger partial charge in [-0.05, 0) is 86.5 Å². The Morgan fingerprint density at radius 1 is 0.761 bits per heavy atom. The molecule has 0 aliphatic carbocycles. The molecule has 0 fully saturated rings. The Kier molecular flexibility index (Phi) is 11.5. The summed E-state index contributed by atoms with van der Waals surface area (Å²) in [5, 5.41) is 8.23. The second-order valence-corrected chi connectivity index (χ2v) is 11.7. The third-order valence-electron chi connectivity index (χ3n) is 7.22. The molecule has 9 nitrogen and oxygen atoms in total. The second kappa shape index (κ2) is 15.7. The predicted octanol–water partition coefficient (Wildman–Crippen LogP) is 6.86. The molecule has 238 valence electrons. The first-order valence-corrected chi connectivity index (χ1v) is 15.3. The Morgan fingerprint density at radius 3 is 2.07 bits per heavy atom. The summed E-state index contributed by atoms with van der Waals surface area (Å²) in [5.41, 5.74) is 4.29. The van der Waals surface area contributed by atoms with Crippen LogP contribution in [0.15, 0.2) is 95.5 Å². The van der Waals surface area contributed by atoms with Crippen LogP contribution in [0, 0.1) is 13.8 Å². The summed E-state index contributed by atoms with van der Waals surface area (Å²) >= 11 is 1.40. The number of carbonyl (C=O) groups excluding carboxylic acids is 3. The Hall–Kier alpha value is -5.22. The van der Waals surface area contributed by atoms with Crippen molar-refractivity contribution in [3.8, 4) is 17.2 Å². The fourth-order valence-corrected chi connectivity index (χ4v) is 5.32. The highest BCUT2D eigenvalue weighted by Crippen LogP contribution is 2.36. The van der Waals surface area contributed by atoms with Gasteiger partial charge < -0.3 is 30.2 Å². The van der Waals surface area contributed by atoms with E-state index in [1.807, 2.05) is 51.1 Å². The Morgan fingerprint density at radius 2 is 1.41 bits per heavy atom. The molecule has 10 heteroatoms. The first-order valence-electron chi connectivity index (χ1n) is 14.5. The predicted molar refractivity (Wildman–Crippen MR) is 183 cm³/mol. The van der Waals surface area contributed by atoms with Crippen LogP contribution < -0.4 is 30.2 Å². The van der Waals surface area contributed by atoms with Gasteiger partial charge in [-0.2, -0.15) is 0 Å². The van der Waals surface area contributed by atoms with E-state index >= 15 is 0 Å². The maximum atomic E-state index is 13.6. The molecule has 4 aromatic rings. The lowest BCUT2D eigenvalue weighted by molar-refractivity contribution is -0.115. The average Bonchev–Trinajstić information content (AvgIpc) is 3.07. The number of amides is 3. The minimum atomic E-state index is -0.553. The van der Waals surface area contributed by atoms with Crippen LogP contribution in [0.2, 0.25) is 0 Å². The molecule has 0 heterocycles. The van der Waals surface area contributed by atoms with Crippen LogP contribution in [0.3, 0.4) is 0 Å². The van der Waals surface area contributed by atoms with Crippen LogP contribution in [0.4, 0.5) is 11.4 Å². The van der Waals surface area contributed by atoms with Crippen LogP contribution in [0.1, 0.15) is 34.0 Å². The minimum Gasteiger partial charge on any atom is -0.496 e. The zero-order valence-electron chi connectivity index (χ0n) is 26.6. The lowest BCUT2D eigenvalue weighted by atomic mass is 10.1. The van der Waals surface area contributed by atoms with Crippen molar-refractivity contribution in [3.05, 3.63) is 113 Å². The summed E-state index contributed by atoms with van der Waals surface area (Å²) in [6.45, 7) is 5.83. The molecule has 4 rings (SSSR count). The summed E-state index contributed by atoms with van der Waals surface area (Å²) in [7, 11) is 4.51. The number of aryl methyl sites for hydroxylation is 1. The molecule has 46 heavy (non-hydrogen) atoms. The lowest BCUT2D eigenvalue weighted by Crippen LogP contribution is -2.30. The smallest absolute Gasteiger partial charge is 0.272 e. The highest BCUT2D eigenvalue weighted by Gasteiger charge is 2.19. The number of benzene rings is 4. The molecule has 0 radical (unpaired) electrons. The standard InChI is InChI=1S/C36H37N3O6S/c1-22-11-10-14-29(23(22)2)38-34(40)24(3)46-28-17-15-27(16-18-28)37-36(42)30(39-35(41)25-12-8-7-9-13-25)19-26-20-32(44-5)33(45-6)21-31(26)43-4/h7-21,24H,1-6H3,(H,37,42)(H,38,40)(H,39,41)/b30-19-. The van der Waals surface area contributed by atoms with Crippen molar-refractivity contribution in [1.29, 1.82) is 0 Å². The zero-order chi connectivity index (χ0) is 33.2. The van der Waals surface area contributed by atoms with E-state index in [0.717, 1.165) is 21.7 Å².